The van der Waals surface area contributed by atoms with Crippen molar-refractivity contribution < 1.29 is 4.74 Å². The summed E-state index contributed by atoms with van der Waals surface area (Å²) in [7, 11) is 3.71. The lowest BCUT2D eigenvalue weighted by molar-refractivity contribution is 0.415. The van der Waals surface area contributed by atoms with Gasteiger partial charge in [-0.05, 0) is 29.8 Å². The molecule has 0 aliphatic rings. The predicted molar refractivity (Wildman–Crippen MR) is 75.4 cm³/mol. The van der Waals surface area contributed by atoms with E-state index in [4.69, 9.17) is 10.5 Å². The number of ether oxygens (including phenoxy) is 1. The highest BCUT2D eigenvalue weighted by Gasteiger charge is 2.04. The molecule has 0 unspecified atom stereocenters. The number of nitrogens with two attached hydrogens (primary N) is 1. The summed E-state index contributed by atoms with van der Waals surface area (Å²) < 4.78 is 5.23. The zero-order valence-electron chi connectivity index (χ0n) is 10.8. The molecule has 0 aliphatic heterocycles. The third kappa shape index (κ3) is 2.63. The summed E-state index contributed by atoms with van der Waals surface area (Å²) in [6.45, 7) is 0.573. The Kier molecular flexibility index (Phi) is 3.85. The van der Waals surface area contributed by atoms with Gasteiger partial charge in [-0.15, -0.1) is 0 Å². The molecule has 94 valence electrons. The van der Waals surface area contributed by atoms with Crippen molar-refractivity contribution in [1.82, 2.24) is 0 Å². The largest absolute Gasteiger partial charge is 0.497 e. The number of hydrogen-bond donors (Lipinski definition) is 1. The van der Waals surface area contributed by atoms with Crippen LogP contribution in [-0.4, -0.2) is 14.2 Å². The smallest absolute Gasteiger partial charge is 0.120 e. The normalized spacial score (nSPS) is 10.2. The molecule has 0 saturated carbocycles. The zero-order chi connectivity index (χ0) is 13.0. The first-order chi connectivity index (χ1) is 8.74. The van der Waals surface area contributed by atoms with Crippen LogP contribution >= 0.6 is 0 Å². The minimum absolute atomic E-state index is 0.573. The van der Waals surface area contributed by atoms with Crippen molar-refractivity contribution in [2.45, 2.75) is 6.54 Å². The monoisotopic (exact) mass is 242 g/mol. The fourth-order valence-corrected chi connectivity index (χ4v) is 1.82. The van der Waals surface area contributed by atoms with Crippen LogP contribution in [0, 0.1) is 0 Å². The highest BCUT2D eigenvalue weighted by Crippen LogP contribution is 2.26. The molecule has 0 atom stereocenters. The van der Waals surface area contributed by atoms with Crippen LogP contribution in [0.5, 0.6) is 5.75 Å². The zero-order valence-corrected chi connectivity index (χ0v) is 10.8. The summed E-state index contributed by atoms with van der Waals surface area (Å²) in [5, 5.41) is 0. The van der Waals surface area contributed by atoms with Crippen LogP contribution in [0.1, 0.15) is 5.56 Å². The van der Waals surface area contributed by atoms with Crippen molar-refractivity contribution in [3.63, 3.8) is 0 Å². The third-order valence-corrected chi connectivity index (χ3v) is 3.00. The van der Waals surface area contributed by atoms with Gasteiger partial charge in [0.15, 0.2) is 0 Å². The highest BCUT2D eigenvalue weighted by atomic mass is 16.5. The first-order valence-corrected chi connectivity index (χ1v) is 5.91. The standard InChI is InChI=1S/C15H18N2O/c1-17(13-8-6-12(11-16)7-9-13)14-4-3-5-15(10-14)18-2/h3-10H,11,16H2,1-2H3. The quantitative estimate of drug-likeness (QED) is 0.896. The van der Waals surface area contributed by atoms with Gasteiger partial charge in [0.1, 0.15) is 5.75 Å². The molecule has 2 rings (SSSR count). The van der Waals surface area contributed by atoms with Gasteiger partial charge in [-0.1, -0.05) is 18.2 Å². The van der Waals surface area contributed by atoms with Gasteiger partial charge in [0, 0.05) is 31.0 Å². The van der Waals surface area contributed by atoms with Gasteiger partial charge in [-0.3, -0.25) is 0 Å². The van der Waals surface area contributed by atoms with Crippen LogP contribution in [0.3, 0.4) is 0 Å². The Balaban J connectivity index is 2.25. The SMILES string of the molecule is COc1cccc(N(C)c2ccc(CN)cc2)c1. The van der Waals surface area contributed by atoms with E-state index in [0.717, 1.165) is 22.7 Å². The molecule has 3 heteroatoms. The van der Waals surface area contributed by atoms with Crippen molar-refractivity contribution in [3.8, 4) is 5.75 Å². The van der Waals surface area contributed by atoms with Crippen LogP contribution in [0.4, 0.5) is 11.4 Å². The molecule has 0 fully saturated rings. The van der Waals surface area contributed by atoms with E-state index in [-0.39, 0.29) is 0 Å². The maximum absolute atomic E-state index is 5.59. The maximum atomic E-state index is 5.59. The molecule has 0 aromatic heterocycles. The molecule has 0 spiro atoms. The van der Waals surface area contributed by atoms with Gasteiger partial charge in [0.2, 0.25) is 0 Å². The van der Waals surface area contributed by atoms with Crippen molar-refractivity contribution in [2.75, 3.05) is 19.1 Å². The molecular formula is C15H18N2O. The van der Waals surface area contributed by atoms with Crippen molar-refractivity contribution in [1.29, 1.82) is 0 Å². The van der Waals surface area contributed by atoms with Crippen molar-refractivity contribution in [3.05, 3.63) is 54.1 Å². The first-order valence-electron chi connectivity index (χ1n) is 5.91. The Hall–Kier alpha value is -2.00. The second-order valence-electron chi connectivity index (χ2n) is 4.13. The van der Waals surface area contributed by atoms with E-state index in [1.807, 2.05) is 37.4 Å². The average molecular weight is 242 g/mol. The molecule has 0 aliphatic carbocycles. The summed E-state index contributed by atoms with van der Waals surface area (Å²) in [5.74, 6) is 0.859. The molecule has 0 bridgehead atoms. The molecule has 0 radical (unpaired) electrons. The second-order valence-corrected chi connectivity index (χ2v) is 4.13. The van der Waals surface area contributed by atoms with Crippen LogP contribution in [-0.2, 0) is 6.54 Å². The summed E-state index contributed by atoms with van der Waals surface area (Å²) >= 11 is 0. The van der Waals surface area contributed by atoms with Gasteiger partial charge in [0.05, 0.1) is 7.11 Å². The van der Waals surface area contributed by atoms with Crippen LogP contribution in [0.2, 0.25) is 0 Å². The Morgan fingerprint density at radius 2 is 1.78 bits per heavy atom. The average Bonchev–Trinajstić information content (AvgIpc) is 2.46. The van der Waals surface area contributed by atoms with E-state index in [9.17, 15) is 0 Å². The Morgan fingerprint density at radius 3 is 2.39 bits per heavy atom. The number of nitrogens with zero attached hydrogens (tertiary/aromatic N) is 1. The van der Waals surface area contributed by atoms with E-state index in [1.54, 1.807) is 7.11 Å². The fourth-order valence-electron chi connectivity index (χ4n) is 1.82. The minimum Gasteiger partial charge on any atom is -0.497 e. The first kappa shape index (κ1) is 12.5. The summed E-state index contributed by atoms with van der Waals surface area (Å²) in [6.07, 6.45) is 0. The fraction of sp³-hybridized carbons (Fsp3) is 0.200. The number of benzene rings is 2. The minimum atomic E-state index is 0.573. The van der Waals surface area contributed by atoms with E-state index in [2.05, 4.69) is 23.1 Å². The number of methoxy groups -OCH3 is 1. The summed E-state index contributed by atoms with van der Waals surface area (Å²) in [4.78, 5) is 2.11. The molecule has 2 N–H and O–H groups in total. The van der Waals surface area contributed by atoms with E-state index < -0.39 is 0 Å². The van der Waals surface area contributed by atoms with Gasteiger partial charge < -0.3 is 15.4 Å². The lowest BCUT2D eigenvalue weighted by atomic mass is 10.2. The molecule has 3 nitrogen and oxygen atoms in total. The van der Waals surface area contributed by atoms with Gasteiger partial charge in [-0.25, -0.2) is 0 Å². The van der Waals surface area contributed by atoms with Crippen LogP contribution in [0.15, 0.2) is 48.5 Å². The lowest BCUT2D eigenvalue weighted by Crippen LogP contribution is -2.09. The van der Waals surface area contributed by atoms with E-state index in [1.165, 1.54) is 0 Å². The second kappa shape index (κ2) is 5.56. The molecule has 2 aromatic carbocycles. The molecule has 0 amide bonds. The van der Waals surface area contributed by atoms with Crippen LogP contribution in [0.25, 0.3) is 0 Å². The number of anilines is 2. The summed E-state index contributed by atoms with van der Waals surface area (Å²) in [6, 6.07) is 16.2. The van der Waals surface area contributed by atoms with Gasteiger partial charge in [-0.2, -0.15) is 0 Å². The summed E-state index contributed by atoms with van der Waals surface area (Å²) in [5.41, 5.74) is 8.95. The van der Waals surface area contributed by atoms with Crippen LogP contribution < -0.4 is 15.4 Å². The lowest BCUT2D eigenvalue weighted by Gasteiger charge is -2.20. The Morgan fingerprint density at radius 1 is 1.06 bits per heavy atom. The van der Waals surface area contributed by atoms with Gasteiger partial charge in [0.25, 0.3) is 0 Å². The van der Waals surface area contributed by atoms with E-state index >= 15 is 0 Å². The van der Waals surface area contributed by atoms with Crippen molar-refractivity contribution in [2.24, 2.45) is 5.73 Å². The molecular weight excluding hydrogens is 224 g/mol. The predicted octanol–water partition coefficient (Wildman–Crippen LogP) is 2.92. The third-order valence-electron chi connectivity index (χ3n) is 3.00. The maximum Gasteiger partial charge on any atom is 0.120 e. The highest BCUT2D eigenvalue weighted by molar-refractivity contribution is 5.64. The molecule has 2 aromatic rings. The Bertz CT molecular complexity index is 508. The van der Waals surface area contributed by atoms with Gasteiger partial charge >= 0.3 is 0 Å². The number of rotatable bonds is 4. The Labute approximate surface area is 108 Å². The number of hydrogen-bond acceptors (Lipinski definition) is 3. The topological polar surface area (TPSA) is 38.5 Å². The molecule has 0 heterocycles. The van der Waals surface area contributed by atoms with Crippen molar-refractivity contribution >= 4 is 11.4 Å². The molecule has 0 saturated heterocycles. The van der Waals surface area contributed by atoms with E-state index in [0.29, 0.717) is 6.54 Å². The molecule has 18 heavy (non-hydrogen) atoms.